The van der Waals surface area contributed by atoms with Gasteiger partial charge in [-0.15, -0.1) is 0 Å². The third-order valence-corrected chi connectivity index (χ3v) is 6.74. The summed E-state index contributed by atoms with van der Waals surface area (Å²) in [6, 6.07) is 15.1. The van der Waals surface area contributed by atoms with E-state index in [-0.39, 0.29) is 23.6 Å². The first-order valence-electron chi connectivity index (χ1n) is 10.5. The number of nitrogens with two attached hydrogens (primary N) is 1. The van der Waals surface area contributed by atoms with Gasteiger partial charge < -0.3 is 20.9 Å². The van der Waals surface area contributed by atoms with E-state index in [2.05, 4.69) is 26.1 Å². The highest BCUT2D eigenvalue weighted by Gasteiger charge is 2.38. The van der Waals surface area contributed by atoms with Gasteiger partial charge >= 0.3 is 0 Å². The molecule has 7 nitrogen and oxygen atoms in total. The van der Waals surface area contributed by atoms with E-state index in [0.29, 0.717) is 44.6 Å². The lowest BCUT2D eigenvalue weighted by Gasteiger charge is -2.33. The Morgan fingerprint density at radius 1 is 0.935 bits per heavy atom. The zero-order valence-electron chi connectivity index (χ0n) is 17.1. The Morgan fingerprint density at radius 3 is 2.26 bits per heavy atom. The number of hydrogen-bond donors (Lipinski definition) is 2. The first kappa shape index (κ1) is 21.4. The van der Waals surface area contributed by atoms with E-state index in [1.54, 1.807) is 4.90 Å². The number of benzene rings is 2. The number of anilines is 3. The predicted molar refractivity (Wildman–Crippen MR) is 124 cm³/mol. The first-order valence-corrected chi connectivity index (χ1v) is 11.2. The lowest BCUT2D eigenvalue weighted by molar-refractivity contribution is -0.129. The molecule has 0 spiro atoms. The summed E-state index contributed by atoms with van der Waals surface area (Å²) in [5.41, 5.74) is 7.79. The molecule has 1 unspecified atom stereocenters. The molecule has 0 aromatic heterocycles. The van der Waals surface area contributed by atoms with E-state index < -0.39 is 5.92 Å². The monoisotopic (exact) mass is 484 g/mol. The summed E-state index contributed by atoms with van der Waals surface area (Å²) >= 11 is 3.48. The minimum absolute atomic E-state index is 0.0996. The topological polar surface area (TPSA) is 95.7 Å². The average Bonchev–Trinajstić information content (AvgIpc) is 3.16. The number of nitrogens with zero attached hydrogens (tertiary/aromatic N) is 2. The van der Waals surface area contributed by atoms with Crippen molar-refractivity contribution in [2.75, 3.05) is 34.8 Å². The van der Waals surface area contributed by atoms with Crippen LogP contribution in [-0.2, 0) is 14.4 Å². The molecule has 2 saturated heterocycles. The van der Waals surface area contributed by atoms with Gasteiger partial charge in [-0.2, -0.15) is 0 Å². The lowest BCUT2D eigenvalue weighted by atomic mass is 9.96. The minimum atomic E-state index is -0.722. The molecule has 0 bridgehead atoms. The van der Waals surface area contributed by atoms with Crippen LogP contribution in [0, 0.1) is 11.8 Å². The number of rotatable bonds is 5. The minimum Gasteiger partial charge on any atom is -0.370 e. The van der Waals surface area contributed by atoms with Crippen LogP contribution in [0.1, 0.15) is 19.3 Å². The SMILES string of the molecule is NC(=O)C1CCN(c2ccccc2NC(=O)C2CCN(c3ccccc3Br)C2=O)CC1. The van der Waals surface area contributed by atoms with E-state index in [0.717, 1.165) is 15.8 Å². The highest BCUT2D eigenvalue weighted by atomic mass is 79.9. The quantitative estimate of drug-likeness (QED) is 0.637. The summed E-state index contributed by atoms with van der Waals surface area (Å²) in [6.45, 7) is 1.89. The average molecular weight is 485 g/mol. The molecule has 2 fully saturated rings. The number of nitrogens with one attached hydrogen (secondary N) is 1. The smallest absolute Gasteiger partial charge is 0.239 e. The number of carbonyl (C=O) groups is 3. The second-order valence-corrected chi connectivity index (χ2v) is 8.81. The summed E-state index contributed by atoms with van der Waals surface area (Å²) in [4.78, 5) is 41.2. The third kappa shape index (κ3) is 4.44. The van der Waals surface area contributed by atoms with Crippen molar-refractivity contribution >= 4 is 50.7 Å². The highest BCUT2D eigenvalue weighted by molar-refractivity contribution is 9.10. The molecule has 8 heteroatoms. The molecule has 31 heavy (non-hydrogen) atoms. The summed E-state index contributed by atoms with van der Waals surface area (Å²) in [5, 5.41) is 2.97. The van der Waals surface area contributed by atoms with Gasteiger partial charge in [-0.3, -0.25) is 14.4 Å². The molecule has 0 saturated carbocycles. The summed E-state index contributed by atoms with van der Waals surface area (Å²) < 4.78 is 0.828. The fourth-order valence-electron chi connectivity index (χ4n) is 4.31. The molecule has 2 aliphatic rings. The van der Waals surface area contributed by atoms with Crippen LogP contribution in [0.3, 0.4) is 0 Å². The van der Waals surface area contributed by atoms with E-state index in [4.69, 9.17) is 5.73 Å². The normalized spacial score (nSPS) is 19.5. The number of primary amides is 1. The molecule has 2 aliphatic heterocycles. The molecular formula is C23H25BrN4O3. The van der Waals surface area contributed by atoms with Gasteiger partial charge in [-0.05, 0) is 59.5 Å². The van der Waals surface area contributed by atoms with Crippen LogP contribution in [0.25, 0.3) is 0 Å². The molecule has 2 aromatic carbocycles. The van der Waals surface area contributed by atoms with Crippen molar-refractivity contribution in [3.8, 4) is 0 Å². The molecule has 1 atom stereocenters. The number of halogens is 1. The summed E-state index contributed by atoms with van der Waals surface area (Å²) in [5.74, 6) is -1.56. The first-order chi connectivity index (χ1) is 15.0. The summed E-state index contributed by atoms with van der Waals surface area (Å²) in [6.07, 6.45) is 1.86. The fourth-order valence-corrected chi connectivity index (χ4v) is 4.81. The van der Waals surface area contributed by atoms with Crippen LogP contribution in [-0.4, -0.2) is 37.4 Å². The molecule has 0 aliphatic carbocycles. The predicted octanol–water partition coefficient (Wildman–Crippen LogP) is 3.14. The van der Waals surface area contributed by atoms with Crippen LogP contribution < -0.4 is 20.9 Å². The molecule has 3 amide bonds. The van der Waals surface area contributed by atoms with Gasteiger partial charge in [0.1, 0.15) is 5.92 Å². The number of para-hydroxylation sites is 3. The number of piperidine rings is 1. The lowest BCUT2D eigenvalue weighted by Crippen LogP contribution is -2.39. The van der Waals surface area contributed by atoms with Crippen LogP contribution in [0.15, 0.2) is 53.0 Å². The molecule has 2 heterocycles. The van der Waals surface area contributed by atoms with Crippen LogP contribution >= 0.6 is 15.9 Å². The van der Waals surface area contributed by atoms with Crippen molar-refractivity contribution in [1.29, 1.82) is 0 Å². The van der Waals surface area contributed by atoms with E-state index in [1.165, 1.54) is 0 Å². The molecule has 162 valence electrons. The Balaban J connectivity index is 1.46. The van der Waals surface area contributed by atoms with Gasteiger partial charge in [0.2, 0.25) is 17.7 Å². The molecule has 0 radical (unpaired) electrons. The zero-order valence-corrected chi connectivity index (χ0v) is 18.7. The second-order valence-electron chi connectivity index (χ2n) is 7.95. The summed E-state index contributed by atoms with van der Waals surface area (Å²) in [7, 11) is 0. The van der Waals surface area contributed by atoms with Crippen LogP contribution in [0.2, 0.25) is 0 Å². The van der Waals surface area contributed by atoms with Crippen molar-refractivity contribution in [2.24, 2.45) is 17.6 Å². The van der Waals surface area contributed by atoms with Gasteiger partial charge in [0.15, 0.2) is 0 Å². The van der Waals surface area contributed by atoms with Gasteiger partial charge in [0, 0.05) is 30.0 Å². The standard InChI is InChI=1S/C23H25BrN4O3/c24-17-5-1-3-7-19(17)28-14-11-16(23(28)31)22(30)26-18-6-2-4-8-20(18)27-12-9-15(10-13-27)21(25)29/h1-8,15-16H,9-14H2,(H2,25,29)(H,26,30). The van der Waals surface area contributed by atoms with Crippen molar-refractivity contribution < 1.29 is 14.4 Å². The number of amides is 3. The van der Waals surface area contributed by atoms with Gasteiger partial charge in [0.05, 0.1) is 17.1 Å². The molecule has 3 N–H and O–H groups in total. The maximum absolute atomic E-state index is 13.0. The van der Waals surface area contributed by atoms with Gasteiger partial charge in [0.25, 0.3) is 0 Å². The Morgan fingerprint density at radius 2 is 1.58 bits per heavy atom. The maximum atomic E-state index is 13.0. The second kappa shape index (κ2) is 9.09. The number of carbonyl (C=O) groups excluding carboxylic acids is 3. The van der Waals surface area contributed by atoms with Crippen LogP contribution in [0.4, 0.5) is 17.1 Å². The molecular weight excluding hydrogens is 460 g/mol. The molecule has 4 rings (SSSR count). The van der Waals surface area contributed by atoms with E-state index in [9.17, 15) is 14.4 Å². The van der Waals surface area contributed by atoms with E-state index >= 15 is 0 Å². The van der Waals surface area contributed by atoms with Crippen molar-refractivity contribution in [1.82, 2.24) is 0 Å². The molecule has 2 aromatic rings. The Hall–Kier alpha value is -2.87. The van der Waals surface area contributed by atoms with Crippen LogP contribution in [0.5, 0.6) is 0 Å². The van der Waals surface area contributed by atoms with Crippen molar-refractivity contribution in [2.45, 2.75) is 19.3 Å². The number of hydrogen-bond acceptors (Lipinski definition) is 4. The van der Waals surface area contributed by atoms with Crippen molar-refractivity contribution in [3.63, 3.8) is 0 Å². The Labute approximate surface area is 189 Å². The fraction of sp³-hybridized carbons (Fsp3) is 0.348. The maximum Gasteiger partial charge on any atom is 0.239 e. The van der Waals surface area contributed by atoms with E-state index in [1.807, 2.05) is 48.5 Å². The highest BCUT2D eigenvalue weighted by Crippen LogP contribution is 2.33. The largest absolute Gasteiger partial charge is 0.370 e. The third-order valence-electron chi connectivity index (χ3n) is 6.07. The Kier molecular flexibility index (Phi) is 6.27. The van der Waals surface area contributed by atoms with Gasteiger partial charge in [-0.1, -0.05) is 24.3 Å². The van der Waals surface area contributed by atoms with Crippen molar-refractivity contribution in [3.05, 3.63) is 53.0 Å². The van der Waals surface area contributed by atoms with Gasteiger partial charge in [-0.25, -0.2) is 0 Å². The Bertz CT molecular complexity index is 1000. The zero-order chi connectivity index (χ0) is 22.0.